The number of fused-ring (bicyclic) bond motifs is 1. The number of aromatic amines is 1. The van der Waals surface area contributed by atoms with E-state index >= 15 is 0 Å². The zero-order chi connectivity index (χ0) is 16.4. The van der Waals surface area contributed by atoms with E-state index in [-0.39, 0.29) is 10.0 Å². The van der Waals surface area contributed by atoms with Gasteiger partial charge in [-0.1, -0.05) is 29.8 Å². The number of hydrogen-bond donors (Lipinski definition) is 2. The van der Waals surface area contributed by atoms with Gasteiger partial charge < -0.3 is 4.98 Å². The number of nitrogens with zero attached hydrogens (tertiary/aromatic N) is 1. The smallest absolute Gasteiger partial charge is 0.242 e. The minimum atomic E-state index is -3.62. The van der Waals surface area contributed by atoms with Crippen LogP contribution in [0, 0.1) is 0 Å². The number of rotatable bonds is 5. The molecule has 23 heavy (non-hydrogen) atoms. The van der Waals surface area contributed by atoms with Crippen molar-refractivity contribution in [1.82, 2.24) is 14.7 Å². The Morgan fingerprint density at radius 3 is 2.87 bits per heavy atom. The fourth-order valence-corrected chi connectivity index (χ4v) is 3.90. The van der Waals surface area contributed by atoms with Crippen LogP contribution in [0.3, 0.4) is 0 Å². The summed E-state index contributed by atoms with van der Waals surface area (Å²) in [5.74, 6) is 0. The first-order valence-corrected chi connectivity index (χ1v) is 9.48. The van der Waals surface area contributed by atoms with Crippen molar-refractivity contribution >= 4 is 48.5 Å². The normalized spacial score (nSPS) is 11.9. The SMILES string of the molecule is O=S(=O)(NCCc1c[nH]c2ccccc12)c1cnc(Cl)c(Br)c1. The van der Waals surface area contributed by atoms with Crippen LogP contribution in [0.15, 0.2) is 52.1 Å². The van der Waals surface area contributed by atoms with Crippen LogP contribution in [0.1, 0.15) is 5.56 Å². The lowest BCUT2D eigenvalue weighted by molar-refractivity contribution is 0.581. The molecule has 8 heteroatoms. The third-order valence-electron chi connectivity index (χ3n) is 3.44. The number of hydrogen-bond acceptors (Lipinski definition) is 3. The maximum Gasteiger partial charge on any atom is 0.242 e. The summed E-state index contributed by atoms with van der Waals surface area (Å²) in [7, 11) is -3.62. The van der Waals surface area contributed by atoms with Crippen molar-refractivity contribution in [1.29, 1.82) is 0 Å². The molecule has 0 spiro atoms. The monoisotopic (exact) mass is 413 g/mol. The molecular formula is C15H13BrClN3O2S. The van der Waals surface area contributed by atoms with Gasteiger partial charge in [0.05, 0.1) is 4.47 Å². The van der Waals surface area contributed by atoms with Crippen LogP contribution < -0.4 is 4.72 Å². The quantitative estimate of drug-likeness (QED) is 0.628. The molecule has 0 radical (unpaired) electrons. The number of benzene rings is 1. The van der Waals surface area contributed by atoms with Crippen molar-refractivity contribution in [3.63, 3.8) is 0 Å². The Kier molecular flexibility index (Phi) is 4.72. The van der Waals surface area contributed by atoms with Crippen molar-refractivity contribution in [3.05, 3.63) is 57.9 Å². The zero-order valence-corrected chi connectivity index (χ0v) is 15.0. The molecule has 0 saturated carbocycles. The van der Waals surface area contributed by atoms with Crippen molar-refractivity contribution in [2.24, 2.45) is 0 Å². The lowest BCUT2D eigenvalue weighted by Gasteiger charge is -2.07. The Morgan fingerprint density at radius 1 is 1.30 bits per heavy atom. The Labute approximate surface area is 147 Å². The van der Waals surface area contributed by atoms with Crippen molar-refractivity contribution in [2.75, 3.05) is 6.54 Å². The second kappa shape index (κ2) is 6.60. The van der Waals surface area contributed by atoms with Crippen LogP contribution in [0.4, 0.5) is 0 Å². The minimum absolute atomic E-state index is 0.0766. The van der Waals surface area contributed by atoms with Crippen molar-refractivity contribution < 1.29 is 8.42 Å². The van der Waals surface area contributed by atoms with E-state index in [0.29, 0.717) is 17.4 Å². The highest BCUT2D eigenvalue weighted by molar-refractivity contribution is 9.10. The molecule has 0 saturated heterocycles. The first-order chi connectivity index (χ1) is 11.0. The molecule has 2 N–H and O–H groups in total. The van der Waals surface area contributed by atoms with Gasteiger partial charge in [0.15, 0.2) is 0 Å². The van der Waals surface area contributed by atoms with Crippen LogP contribution in [0.25, 0.3) is 10.9 Å². The maximum absolute atomic E-state index is 12.3. The summed E-state index contributed by atoms with van der Waals surface area (Å²) in [6.45, 7) is 0.296. The lowest BCUT2D eigenvalue weighted by atomic mass is 10.1. The summed E-state index contributed by atoms with van der Waals surface area (Å²) in [5.41, 5.74) is 2.11. The van der Waals surface area contributed by atoms with E-state index in [1.165, 1.54) is 12.3 Å². The van der Waals surface area contributed by atoms with E-state index in [4.69, 9.17) is 11.6 Å². The van der Waals surface area contributed by atoms with Crippen molar-refractivity contribution in [2.45, 2.75) is 11.3 Å². The number of H-pyrrole nitrogens is 1. The van der Waals surface area contributed by atoms with Crippen LogP contribution in [0.5, 0.6) is 0 Å². The predicted molar refractivity (Wildman–Crippen MR) is 94.1 cm³/mol. The molecule has 0 bridgehead atoms. The van der Waals surface area contributed by atoms with Crippen LogP contribution in [-0.4, -0.2) is 24.9 Å². The number of nitrogens with one attached hydrogen (secondary N) is 2. The molecular weight excluding hydrogens is 402 g/mol. The molecule has 0 aliphatic carbocycles. The fourth-order valence-electron chi connectivity index (χ4n) is 2.29. The summed E-state index contributed by atoms with van der Waals surface area (Å²) in [4.78, 5) is 7.09. The predicted octanol–water partition coefficient (Wildman–Crippen LogP) is 3.50. The highest BCUT2D eigenvalue weighted by atomic mass is 79.9. The third kappa shape index (κ3) is 3.58. The second-order valence-corrected chi connectivity index (χ2v) is 7.93. The largest absolute Gasteiger partial charge is 0.361 e. The fraction of sp³-hybridized carbons (Fsp3) is 0.133. The van der Waals surface area contributed by atoms with Gasteiger partial charge in [-0.15, -0.1) is 0 Å². The van der Waals surface area contributed by atoms with Gasteiger partial charge in [0.25, 0.3) is 0 Å². The van der Waals surface area contributed by atoms with Gasteiger partial charge in [0.2, 0.25) is 10.0 Å². The molecule has 0 aliphatic rings. The highest BCUT2D eigenvalue weighted by Gasteiger charge is 2.16. The summed E-state index contributed by atoms with van der Waals surface area (Å²) in [5, 5.41) is 1.32. The van der Waals surface area contributed by atoms with Gasteiger partial charge in [-0.25, -0.2) is 18.1 Å². The molecule has 3 aromatic rings. The Bertz CT molecular complexity index is 956. The van der Waals surface area contributed by atoms with Gasteiger partial charge >= 0.3 is 0 Å². The van der Waals surface area contributed by atoms with Crippen LogP contribution >= 0.6 is 27.5 Å². The Balaban J connectivity index is 1.71. The van der Waals surface area contributed by atoms with Crippen LogP contribution in [0.2, 0.25) is 5.15 Å². The van der Waals surface area contributed by atoms with E-state index in [9.17, 15) is 8.42 Å². The topological polar surface area (TPSA) is 74.8 Å². The zero-order valence-electron chi connectivity index (χ0n) is 11.9. The molecule has 0 atom stereocenters. The molecule has 120 valence electrons. The lowest BCUT2D eigenvalue weighted by Crippen LogP contribution is -2.26. The number of aromatic nitrogens is 2. The van der Waals surface area contributed by atoms with Gasteiger partial charge in [-0.05, 0) is 40.0 Å². The molecule has 1 aromatic carbocycles. The molecule has 2 heterocycles. The Morgan fingerprint density at radius 2 is 2.09 bits per heavy atom. The second-order valence-electron chi connectivity index (χ2n) is 4.95. The molecule has 3 rings (SSSR count). The number of halogens is 2. The molecule has 0 amide bonds. The van der Waals surface area contributed by atoms with E-state index in [1.54, 1.807) is 0 Å². The van der Waals surface area contributed by atoms with E-state index in [2.05, 4.69) is 30.6 Å². The van der Waals surface area contributed by atoms with Gasteiger partial charge in [0.1, 0.15) is 10.0 Å². The molecule has 5 nitrogen and oxygen atoms in total. The molecule has 2 aromatic heterocycles. The first-order valence-electron chi connectivity index (χ1n) is 6.83. The average molecular weight is 415 g/mol. The standard InChI is InChI=1S/C15H13BrClN3O2S/c16-13-7-11(9-19-15(13)17)23(21,22)20-6-5-10-8-18-14-4-2-1-3-12(10)14/h1-4,7-9,18,20H,5-6H2. The van der Waals surface area contributed by atoms with E-state index in [0.717, 1.165) is 16.5 Å². The summed E-state index contributed by atoms with van der Waals surface area (Å²) in [6, 6.07) is 9.34. The number of sulfonamides is 1. The number of pyridine rings is 1. The molecule has 0 aliphatic heterocycles. The summed E-state index contributed by atoms with van der Waals surface area (Å²) >= 11 is 8.96. The van der Waals surface area contributed by atoms with Gasteiger partial charge in [-0.3, -0.25) is 0 Å². The van der Waals surface area contributed by atoms with Crippen LogP contribution in [-0.2, 0) is 16.4 Å². The van der Waals surface area contributed by atoms with Crippen molar-refractivity contribution in [3.8, 4) is 0 Å². The molecule has 0 fully saturated rings. The van der Waals surface area contributed by atoms with E-state index in [1.807, 2.05) is 30.5 Å². The third-order valence-corrected chi connectivity index (χ3v) is 6.00. The highest BCUT2D eigenvalue weighted by Crippen LogP contribution is 2.23. The average Bonchev–Trinajstić information content (AvgIpc) is 2.93. The summed E-state index contributed by atoms with van der Waals surface area (Å²) < 4.78 is 27.6. The first kappa shape index (κ1) is 16.4. The van der Waals surface area contributed by atoms with Gasteiger partial charge in [0, 0.05) is 29.8 Å². The van der Waals surface area contributed by atoms with E-state index < -0.39 is 10.0 Å². The number of para-hydroxylation sites is 1. The maximum atomic E-state index is 12.3. The Hall–Kier alpha value is -1.41. The summed E-state index contributed by atoms with van der Waals surface area (Å²) in [6.07, 6.45) is 3.73. The molecule has 0 unspecified atom stereocenters. The van der Waals surface area contributed by atoms with Gasteiger partial charge in [-0.2, -0.15) is 0 Å². The minimum Gasteiger partial charge on any atom is -0.361 e.